The molecule has 0 saturated heterocycles. The average Bonchev–Trinajstić information content (AvgIpc) is 2.23. The minimum Gasteiger partial charge on any atom is -0.481 e. The minimum atomic E-state index is -0.794. The van der Waals surface area contributed by atoms with Gasteiger partial charge in [0, 0.05) is 13.0 Å². The Morgan fingerprint density at radius 1 is 1.29 bits per heavy atom. The van der Waals surface area contributed by atoms with Crippen LogP contribution in [0.2, 0.25) is 0 Å². The van der Waals surface area contributed by atoms with Crippen LogP contribution in [0.3, 0.4) is 0 Å². The SMILES string of the molecule is C#CCNC(=O)NCCC(C)(C)CCC(=O)O. The van der Waals surface area contributed by atoms with Crippen molar-refractivity contribution in [2.75, 3.05) is 13.1 Å². The summed E-state index contributed by atoms with van der Waals surface area (Å²) in [4.78, 5) is 21.6. The molecule has 0 fully saturated rings. The molecule has 0 aliphatic heterocycles. The fourth-order valence-electron chi connectivity index (χ4n) is 1.28. The highest BCUT2D eigenvalue weighted by Crippen LogP contribution is 2.25. The second-order valence-corrected chi connectivity index (χ2v) is 4.62. The Kier molecular flexibility index (Phi) is 6.80. The number of terminal acetylenes is 1. The van der Waals surface area contributed by atoms with Gasteiger partial charge in [-0.05, 0) is 18.3 Å². The zero-order valence-electron chi connectivity index (χ0n) is 10.4. The molecule has 0 heterocycles. The topological polar surface area (TPSA) is 78.4 Å². The van der Waals surface area contributed by atoms with Gasteiger partial charge in [-0.15, -0.1) is 6.42 Å². The van der Waals surface area contributed by atoms with Gasteiger partial charge in [-0.1, -0.05) is 19.8 Å². The monoisotopic (exact) mass is 240 g/mol. The number of urea groups is 1. The predicted octanol–water partition coefficient (Wildman–Crippen LogP) is 1.20. The van der Waals surface area contributed by atoms with Gasteiger partial charge in [0.05, 0.1) is 6.54 Å². The molecule has 0 atom stereocenters. The van der Waals surface area contributed by atoms with Gasteiger partial charge in [-0.3, -0.25) is 4.79 Å². The van der Waals surface area contributed by atoms with Crippen molar-refractivity contribution >= 4 is 12.0 Å². The standard InChI is InChI=1S/C12H20N2O3/c1-4-8-13-11(17)14-9-7-12(2,3)6-5-10(15)16/h1H,5-9H2,2-3H3,(H,15,16)(H2,13,14,17). The molecule has 96 valence electrons. The van der Waals surface area contributed by atoms with Crippen molar-refractivity contribution < 1.29 is 14.7 Å². The van der Waals surface area contributed by atoms with E-state index in [4.69, 9.17) is 11.5 Å². The largest absolute Gasteiger partial charge is 0.481 e. The van der Waals surface area contributed by atoms with Gasteiger partial charge < -0.3 is 15.7 Å². The fourth-order valence-corrected chi connectivity index (χ4v) is 1.28. The highest BCUT2D eigenvalue weighted by molar-refractivity contribution is 5.74. The maximum absolute atomic E-state index is 11.1. The Bertz CT molecular complexity index is 305. The lowest BCUT2D eigenvalue weighted by Crippen LogP contribution is -2.37. The third kappa shape index (κ3) is 9.24. The van der Waals surface area contributed by atoms with Crippen molar-refractivity contribution in [3.63, 3.8) is 0 Å². The fraction of sp³-hybridized carbons (Fsp3) is 0.667. The number of nitrogens with one attached hydrogen (secondary N) is 2. The van der Waals surface area contributed by atoms with Gasteiger partial charge in [0.2, 0.25) is 0 Å². The van der Waals surface area contributed by atoms with Gasteiger partial charge in [0.25, 0.3) is 0 Å². The highest BCUT2D eigenvalue weighted by atomic mass is 16.4. The molecule has 0 rings (SSSR count). The number of carboxylic acid groups (broad SMARTS) is 1. The van der Waals surface area contributed by atoms with Crippen LogP contribution in [-0.2, 0) is 4.79 Å². The van der Waals surface area contributed by atoms with E-state index in [0.717, 1.165) is 6.42 Å². The molecule has 2 amide bonds. The van der Waals surface area contributed by atoms with Crippen molar-refractivity contribution in [1.29, 1.82) is 0 Å². The van der Waals surface area contributed by atoms with Crippen molar-refractivity contribution in [2.24, 2.45) is 5.41 Å². The Balaban J connectivity index is 3.75. The third-order valence-corrected chi connectivity index (χ3v) is 2.45. The first-order valence-corrected chi connectivity index (χ1v) is 5.54. The summed E-state index contributed by atoms with van der Waals surface area (Å²) < 4.78 is 0. The first kappa shape index (κ1) is 15.3. The maximum atomic E-state index is 11.1. The van der Waals surface area contributed by atoms with Crippen molar-refractivity contribution in [1.82, 2.24) is 10.6 Å². The predicted molar refractivity (Wildman–Crippen MR) is 65.5 cm³/mol. The van der Waals surface area contributed by atoms with E-state index in [-0.39, 0.29) is 24.4 Å². The molecule has 0 bridgehead atoms. The number of amides is 2. The molecule has 0 aromatic carbocycles. The molecule has 0 unspecified atom stereocenters. The van der Waals surface area contributed by atoms with Gasteiger partial charge in [-0.2, -0.15) is 0 Å². The number of hydrogen-bond acceptors (Lipinski definition) is 2. The average molecular weight is 240 g/mol. The number of rotatable bonds is 7. The van der Waals surface area contributed by atoms with E-state index in [1.807, 2.05) is 13.8 Å². The molecule has 0 aliphatic carbocycles. The summed E-state index contributed by atoms with van der Waals surface area (Å²) in [6.45, 7) is 4.67. The highest BCUT2D eigenvalue weighted by Gasteiger charge is 2.18. The van der Waals surface area contributed by atoms with Crippen molar-refractivity contribution in [2.45, 2.75) is 33.1 Å². The summed E-state index contributed by atoms with van der Waals surface area (Å²) in [6.07, 6.45) is 6.46. The summed E-state index contributed by atoms with van der Waals surface area (Å²) in [6, 6.07) is -0.294. The van der Waals surface area contributed by atoms with E-state index in [2.05, 4.69) is 16.6 Å². The number of hydrogen-bond donors (Lipinski definition) is 3. The number of carbonyl (C=O) groups is 2. The summed E-state index contributed by atoms with van der Waals surface area (Å²) >= 11 is 0. The van der Waals surface area contributed by atoms with Crippen molar-refractivity contribution in [3.05, 3.63) is 0 Å². The van der Waals surface area contributed by atoms with E-state index in [1.54, 1.807) is 0 Å². The van der Waals surface area contributed by atoms with E-state index in [9.17, 15) is 9.59 Å². The molecule has 0 aromatic rings. The summed E-state index contributed by atoms with van der Waals surface area (Å²) in [5, 5.41) is 13.7. The smallest absolute Gasteiger partial charge is 0.315 e. The van der Waals surface area contributed by atoms with Crippen molar-refractivity contribution in [3.8, 4) is 12.3 Å². The molecule has 0 saturated carbocycles. The lowest BCUT2D eigenvalue weighted by atomic mass is 9.84. The molecule has 0 spiro atoms. The quantitative estimate of drug-likeness (QED) is 0.585. The van der Waals surface area contributed by atoms with Crippen LogP contribution in [0, 0.1) is 17.8 Å². The van der Waals surface area contributed by atoms with Crippen LogP contribution in [0.5, 0.6) is 0 Å². The molecule has 3 N–H and O–H groups in total. The molecular weight excluding hydrogens is 220 g/mol. The van der Waals surface area contributed by atoms with Crippen LogP contribution in [0.1, 0.15) is 33.1 Å². The van der Waals surface area contributed by atoms with E-state index in [1.165, 1.54) is 0 Å². The lowest BCUT2D eigenvalue weighted by molar-refractivity contribution is -0.137. The van der Waals surface area contributed by atoms with Crippen LogP contribution in [0.15, 0.2) is 0 Å². The van der Waals surface area contributed by atoms with Gasteiger partial charge in [-0.25, -0.2) is 4.79 Å². The molecular formula is C12H20N2O3. The normalized spacial score (nSPS) is 10.4. The van der Waals surface area contributed by atoms with Gasteiger partial charge in [0.15, 0.2) is 0 Å². The first-order chi connectivity index (χ1) is 7.87. The Hall–Kier alpha value is -1.70. The Morgan fingerprint density at radius 3 is 2.47 bits per heavy atom. The van der Waals surface area contributed by atoms with E-state index in [0.29, 0.717) is 13.0 Å². The van der Waals surface area contributed by atoms with E-state index >= 15 is 0 Å². The zero-order valence-corrected chi connectivity index (χ0v) is 10.4. The van der Waals surface area contributed by atoms with Crippen LogP contribution in [0.25, 0.3) is 0 Å². The number of carboxylic acids is 1. The zero-order chi connectivity index (χ0) is 13.3. The Morgan fingerprint density at radius 2 is 1.94 bits per heavy atom. The molecule has 17 heavy (non-hydrogen) atoms. The van der Waals surface area contributed by atoms with Gasteiger partial charge >= 0.3 is 12.0 Å². The minimum absolute atomic E-state index is 0.0994. The maximum Gasteiger partial charge on any atom is 0.315 e. The van der Waals surface area contributed by atoms with Crippen LogP contribution < -0.4 is 10.6 Å². The molecule has 0 aliphatic rings. The summed E-state index contributed by atoms with van der Waals surface area (Å²) in [5.41, 5.74) is -0.0994. The summed E-state index contributed by atoms with van der Waals surface area (Å²) in [5.74, 6) is 1.51. The van der Waals surface area contributed by atoms with Gasteiger partial charge in [0.1, 0.15) is 0 Å². The molecule has 5 heteroatoms. The second-order valence-electron chi connectivity index (χ2n) is 4.62. The number of aliphatic carboxylic acids is 1. The van der Waals surface area contributed by atoms with Crippen LogP contribution >= 0.6 is 0 Å². The van der Waals surface area contributed by atoms with E-state index < -0.39 is 5.97 Å². The Labute approximate surface area is 102 Å². The third-order valence-electron chi connectivity index (χ3n) is 2.45. The summed E-state index contributed by atoms with van der Waals surface area (Å²) in [7, 11) is 0. The molecule has 5 nitrogen and oxygen atoms in total. The lowest BCUT2D eigenvalue weighted by Gasteiger charge is -2.23. The second kappa shape index (κ2) is 7.55. The molecule has 0 aromatic heterocycles. The van der Waals surface area contributed by atoms with Crippen LogP contribution in [-0.4, -0.2) is 30.2 Å². The molecule has 0 radical (unpaired) electrons. The van der Waals surface area contributed by atoms with Crippen LogP contribution in [0.4, 0.5) is 4.79 Å². The first-order valence-electron chi connectivity index (χ1n) is 5.54. The number of carbonyl (C=O) groups excluding carboxylic acids is 1.